The van der Waals surface area contributed by atoms with Crippen LogP contribution >= 0.6 is 0 Å². The summed E-state index contributed by atoms with van der Waals surface area (Å²) < 4.78 is 10.3. The van der Waals surface area contributed by atoms with Crippen LogP contribution in [0.2, 0.25) is 0 Å². The largest absolute Gasteiger partial charge is 0.483 e. The Kier molecular flexibility index (Phi) is 6.26. The number of nitro groups is 1. The van der Waals surface area contributed by atoms with Crippen molar-refractivity contribution in [2.45, 2.75) is 13.8 Å². The molecule has 8 nitrogen and oxygen atoms in total. The van der Waals surface area contributed by atoms with E-state index in [1.165, 1.54) is 24.3 Å². The molecule has 0 heterocycles. The quantitative estimate of drug-likeness (QED) is 0.463. The van der Waals surface area contributed by atoms with Gasteiger partial charge >= 0.3 is 5.97 Å². The molecule has 0 aliphatic heterocycles. The number of carbonyl (C=O) groups is 2. The number of nitro benzene ring substituents is 1. The van der Waals surface area contributed by atoms with E-state index in [1.807, 2.05) is 0 Å². The first kappa shape index (κ1) is 18.9. The normalized spacial score (nSPS) is 10.1. The van der Waals surface area contributed by atoms with Crippen LogP contribution in [0.25, 0.3) is 0 Å². The van der Waals surface area contributed by atoms with E-state index in [-0.39, 0.29) is 18.9 Å². The number of rotatable bonds is 7. The van der Waals surface area contributed by atoms with Crippen molar-refractivity contribution in [1.29, 1.82) is 0 Å². The number of nitrogens with one attached hydrogen (secondary N) is 1. The van der Waals surface area contributed by atoms with E-state index in [9.17, 15) is 19.7 Å². The molecular formula is C18H18N2O6. The molecule has 0 radical (unpaired) electrons. The molecule has 0 unspecified atom stereocenters. The lowest BCUT2D eigenvalue weighted by Crippen LogP contribution is -2.20. The molecule has 2 aromatic rings. The maximum atomic E-state index is 12.0. The van der Waals surface area contributed by atoms with Crippen LogP contribution in [-0.2, 0) is 9.53 Å². The summed E-state index contributed by atoms with van der Waals surface area (Å²) in [7, 11) is 0. The minimum absolute atomic E-state index is 0.0462. The number of hydrogen-bond acceptors (Lipinski definition) is 6. The van der Waals surface area contributed by atoms with Crippen molar-refractivity contribution >= 4 is 23.3 Å². The average Bonchev–Trinajstić information content (AvgIpc) is 2.61. The minimum Gasteiger partial charge on any atom is -0.483 e. The van der Waals surface area contributed by atoms with E-state index in [2.05, 4.69) is 5.32 Å². The molecule has 0 spiro atoms. The number of anilines is 1. The zero-order valence-electron chi connectivity index (χ0n) is 14.4. The molecular weight excluding hydrogens is 340 g/mol. The Morgan fingerprint density at radius 2 is 1.96 bits per heavy atom. The highest BCUT2D eigenvalue weighted by Crippen LogP contribution is 2.23. The number of carbonyl (C=O) groups excluding carboxylic acids is 2. The minimum atomic E-state index is -0.500. The van der Waals surface area contributed by atoms with Crippen molar-refractivity contribution in [2.75, 3.05) is 18.5 Å². The topological polar surface area (TPSA) is 108 Å². The third-order valence-corrected chi connectivity index (χ3v) is 3.39. The molecule has 136 valence electrons. The van der Waals surface area contributed by atoms with Gasteiger partial charge in [0.1, 0.15) is 5.75 Å². The van der Waals surface area contributed by atoms with Gasteiger partial charge in [-0.05, 0) is 43.7 Å². The Bertz CT molecular complexity index is 834. The molecule has 2 aromatic carbocycles. The van der Waals surface area contributed by atoms with Gasteiger partial charge in [-0.25, -0.2) is 4.79 Å². The Morgan fingerprint density at radius 1 is 1.19 bits per heavy atom. The smallest absolute Gasteiger partial charge is 0.338 e. The summed E-state index contributed by atoms with van der Waals surface area (Å²) in [5.74, 6) is -0.517. The molecule has 0 atom stereocenters. The summed E-state index contributed by atoms with van der Waals surface area (Å²) in [6.07, 6.45) is 0. The molecule has 1 amide bonds. The van der Waals surface area contributed by atoms with E-state index < -0.39 is 16.8 Å². The van der Waals surface area contributed by atoms with Gasteiger partial charge in [0.15, 0.2) is 6.61 Å². The lowest BCUT2D eigenvalue weighted by molar-refractivity contribution is -0.384. The van der Waals surface area contributed by atoms with Crippen LogP contribution in [0, 0.1) is 17.0 Å². The lowest BCUT2D eigenvalue weighted by atomic mass is 10.2. The van der Waals surface area contributed by atoms with Gasteiger partial charge in [-0.3, -0.25) is 14.9 Å². The fourth-order valence-electron chi connectivity index (χ4n) is 2.19. The van der Waals surface area contributed by atoms with Crippen LogP contribution in [0.1, 0.15) is 22.8 Å². The monoisotopic (exact) mass is 358 g/mol. The lowest BCUT2D eigenvalue weighted by Gasteiger charge is -2.10. The van der Waals surface area contributed by atoms with Gasteiger partial charge in [0, 0.05) is 17.8 Å². The number of benzene rings is 2. The summed E-state index contributed by atoms with van der Waals surface area (Å²) in [6, 6.07) is 10.5. The first-order chi connectivity index (χ1) is 12.4. The number of non-ortho nitro benzene ring substituents is 1. The fourth-order valence-corrected chi connectivity index (χ4v) is 2.19. The van der Waals surface area contributed by atoms with Gasteiger partial charge in [0.2, 0.25) is 0 Å². The van der Waals surface area contributed by atoms with Crippen LogP contribution in [0.3, 0.4) is 0 Å². The van der Waals surface area contributed by atoms with Crippen LogP contribution in [0.15, 0.2) is 42.5 Å². The summed E-state index contributed by atoms with van der Waals surface area (Å²) in [5, 5.41) is 13.3. The molecule has 2 rings (SSSR count). The van der Waals surface area contributed by atoms with E-state index in [1.54, 1.807) is 32.0 Å². The van der Waals surface area contributed by atoms with Crippen molar-refractivity contribution < 1.29 is 24.0 Å². The molecule has 8 heteroatoms. The zero-order chi connectivity index (χ0) is 19.1. The Morgan fingerprint density at radius 3 is 2.62 bits per heavy atom. The van der Waals surface area contributed by atoms with Crippen LogP contribution in [-0.4, -0.2) is 30.0 Å². The summed E-state index contributed by atoms with van der Waals surface area (Å²) in [6.45, 7) is 3.35. The molecule has 0 fully saturated rings. The predicted molar refractivity (Wildman–Crippen MR) is 94.4 cm³/mol. The highest BCUT2D eigenvalue weighted by atomic mass is 16.6. The zero-order valence-corrected chi connectivity index (χ0v) is 14.4. The molecule has 0 bridgehead atoms. The van der Waals surface area contributed by atoms with Gasteiger partial charge < -0.3 is 14.8 Å². The van der Waals surface area contributed by atoms with E-state index >= 15 is 0 Å². The standard InChI is InChI=1S/C18H18N2O6/c1-3-25-18(22)13-5-4-6-14(10-13)19-17(21)11-26-16-8-7-15(20(23)24)9-12(16)2/h4-10H,3,11H2,1-2H3,(H,19,21). The number of hydrogen-bond donors (Lipinski definition) is 1. The highest BCUT2D eigenvalue weighted by molar-refractivity contribution is 5.95. The Balaban J connectivity index is 1.96. The van der Waals surface area contributed by atoms with E-state index in [0.717, 1.165) is 0 Å². The Labute approximate surface area is 149 Å². The maximum absolute atomic E-state index is 12.0. The number of esters is 1. The van der Waals surface area contributed by atoms with Crippen molar-refractivity contribution in [3.05, 3.63) is 63.7 Å². The van der Waals surface area contributed by atoms with Gasteiger partial charge in [0.05, 0.1) is 17.1 Å². The second-order valence-electron chi connectivity index (χ2n) is 5.35. The van der Waals surface area contributed by atoms with Crippen LogP contribution in [0.4, 0.5) is 11.4 Å². The van der Waals surface area contributed by atoms with Crippen LogP contribution < -0.4 is 10.1 Å². The second-order valence-corrected chi connectivity index (χ2v) is 5.35. The molecule has 0 saturated heterocycles. The third-order valence-electron chi connectivity index (χ3n) is 3.39. The first-order valence-electron chi connectivity index (χ1n) is 7.85. The third kappa shape index (κ3) is 5.04. The van der Waals surface area contributed by atoms with E-state index in [4.69, 9.17) is 9.47 Å². The van der Waals surface area contributed by atoms with Gasteiger partial charge in [-0.15, -0.1) is 0 Å². The summed E-state index contributed by atoms with van der Waals surface area (Å²) in [4.78, 5) is 33.9. The van der Waals surface area contributed by atoms with Gasteiger partial charge in [-0.2, -0.15) is 0 Å². The van der Waals surface area contributed by atoms with Crippen molar-refractivity contribution in [1.82, 2.24) is 0 Å². The number of nitrogens with zero attached hydrogens (tertiary/aromatic N) is 1. The van der Waals surface area contributed by atoms with Crippen LogP contribution in [0.5, 0.6) is 5.75 Å². The molecule has 0 aliphatic carbocycles. The van der Waals surface area contributed by atoms with Crippen molar-refractivity contribution in [2.24, 2.45) is 0 Å². The number of ether oxygens (including phenoxy) is 2. The molecule has 0 aliphatic rings. The highest BCUT2D eigenvalue weighted by Gasteiger charge is 2.11. The molecule has 26 heavy (non-hydrogen) atoms. The molecule has 0 saturated carbocycles. The first-order valence-corrected chi connectivity index (χ1v) is 7.85. The summed E-state index contributed by atoms with van der Waals surface area (Å²) in [5.41, 5.74) is 1.27. The number of amides is 1. The average molecular weight is 358 g/mol. The predicted octanol–water partition coefficient (Wildman–Crippen LogP) is 3.10. The molecule has 1 N–H and O–H groups in total. The maximum Gasteiger partial charge on any atom is 0.338 e. The molecule has 0 aromatic heterocycles. The van der Waals surface area contributed by atoms with Gasteiger partial charge in [0.25, 0.3) is 11.6 Å². The number of aryl methyl sites for hydroxylation is 1. The SMILES string of the molecule is CCOC(=O)c1cccc(NC(=O)COc2ccc([N+](=O)[O-])cc2C)c1. The second kappa shape index (κ2) is 8.61. The Hall–Kier alpha value is -3.42. The van der Waals surface area contributed by atoms with Crippen molar-refractivity contribution in [3.8, 4) is 5.75 Å². The van der Waals surface area contributed by atoms with Crippen molar-refractivity contribution in [3.63, 3.8) is 0 Å². The van der Waals surface area contributed by atoms with Gasteiger partial charge in [-0.1, -0.05) is 6.07 Å². The fraction of sp³-hybridized carbons (Fsp3) is 0.222. The van der Waals surface area contributed by atoms with E-state index in [0.29, 0.717) is 22.6 Å². The summed E-state index contributed by atoms with van der Waals surface area (Å²) >= 11 is 0.